The Bertz CT molecular complexity index is 624. The Hall–Kier alpha value is -1.19. The van der Waals surface area contributed by atoms with Gasteiger partial charge >= 0.3 is 10.8 Å². The number of hydrogen-bond donors (Lipinski definition) is 2. The average Bonchev–Trinajstić information content (AvgIpc) is 2.51. The van der Waals surface area contributed by atoms with Gasteiger partial charge in [-0.1, -0.05) is 11.3 Å². The molecule has 18 heavy (non-hydrogen) atoms. The van der Waals surface area contributed by atoms with Gasteiger partial charge in [-0.05, 0) is 12.8 Å². The summed E-state index contributed by atoms with van der Waals surface area (Å²) in [6.07, 6.45) is -0.0334. The van der Waals surface area contributed by atoms with Crippen molar-refractivity contribution in [1.82, 2.24) is 9.29 Å². The molecule has 1 fully saturated rings. The first kappa shape index (κ1) is 13.2. The standard InChI is InChI=1S/C9H12N2O5S2/c1-5-8(17-9(14)10-5)18(15,16)11-3-6(4-11)2-7(12)13/h6H,2-4H2,1H3,(H,10,14)(H,12,13). The van der Waals surface area contributed by atoms with Gasteiger partial charge in [0.05, 0.1) is 6.42 Å². The Kier molecular flexibility index (Phi) is 3.30. The van der Waals surface area contributed by atoms with E-state index in [0.29, 0.717) is 17.0 Å². The second-order valence-corrected chi connectivity index (χ2v) is 7.33. The van der Waals surface area contributed by atoms with E-state index in [9.17, 15) is 18.0 Å². The minimum atomic E-state index is -3.65. The third-order valence-corrected chi connectivity index (χ3v) is 6.16. The van der Waals surface area contributed by atoms with Crippen molar-refractivity contribution in [2.75, 3.05) is 13.1 Å². The first-order valence-corrected chi connectivity index (χ1v) is 7.48. The largest absolute Gasteiger partial charge is 0.481 e. The van der Waals surface area contributed by atoms with Gasteiger partial charge in [0, 0.05) is 18.8 Å². The maximum absolute atomic E-state index is 12.1. The highest BCUT2D eigenvalue weighted by molar-refractivity contribution is 7.91. The normalized spacial score (nSPS) is 17.6. The minimum Gasteiger partial charge on any atom is -0.481 e. The van der Waals surface area contributed by atoms with Gasteiger partial charge in [-0.3, -0.25) is 9.59 Å². The molecule has 1 aliphatic heterocycles. The lowest BCUT2D eigenvalue weighted by molar-refractivity contribution is -0.139. The van der Waals surface area contributed by atoms with E-state index in [2.05, 4.69) is 4.98 Å². The molecule has 1 aromatic rings. The van der Waals surface area contributed by atoms with Crippen LogP contribution >= 0.6 is 11.3 Å². The number of carbonyl (C=O) groups is 1. The molecule has 1 aromatic heterocycles. The third-order valence-electron chi connectivity index (χ3n) is 2.74. The molecule has 0 amide bonds. The van der Waals surface area contributed by atoms with Crippen LogP contribution in [0.1, 0.15) is 12.1 Å². The Morgan fingerprint density at radius 1 is 1.56 bits per heavy atom. The Morgan fingerprint density at radius 2 is 2.17 bits per heavy atom. The van der Waals surface area contributed by atoms with Crippen molar-refractivity contribution in [1.29, 1.82) is 0 Å². The highest BCUT2D eigenvalue weighted by Crippen LogP contribution is 2.29. The molecule has 0 atom stereocenters. The van der Waals surface area contributed by atoms with Gasteiger partial charge in [0.1, 0.15) is 0 Å². The van der Waals surface area contributed by atoms with Crippen molar-refractivity contribution in [3.63, 3.8) is 0 Å². The highest BCUT2D eigenvalue weighted by Gasteiger charge is 2.39. The molecule has 0 radical (unpaired) electrons. The molecule has 9 heteroatoms. The molecule has 2 N–H and O–H groups in total. The smallest absolute Gasteiger partial charge is 0.305 e. The van der Waals surface area contributed by atoms with Gasteiger partial charge in [0.15, 0.2) is 4.21 Å². The van der Waals surface area contributed by atoms with Crippen molar-refractivity contribution in [2.45, 2.75) is 17.6 Å². The molecule has 0 aromatic carbocycles. The number of thiazole rings is 1. The van der Waals surface area contributed by atoms with Crippen LogP contribution in [0.25, 0.3) is 0 Å². The van der Waals surface area contributed by atoms with E-state index in [0.717, 1.165) is 0 Å². The zero-order valence-corrected chi connectivity index (χ0v) is 11.2. The van der Waals surface area contributed by atoms with Gasteiger partial charge in [0.25, 0.3) is 10.0 Å². The molecule has 0 spiro atoms. The zero-order valence-electron chi connectivity index (χ0n) is 9.54. The molecule has 1 aliphatic rings. The quantitative estimate of drug-likeness (QED) is 0.801. The zero-order chi connectivity index (χ0) is 13.5. The summed E-state index contributed by atoms with van der Waals surface area (Å²) in [5, 5.41) is 8.59. The summed E-state index contributed by atoms with van der Waals surface area (Å²) in [6.45, 7) is 1.92. The molecule has 0 unspecified atom stereocenters. The minimum absolute atomic E-state index is 0.0151. The lowest BCUT2D eigenvalue weighted by Gasteiger charge is -2.36. The molecule has 100 valence electrons. The monoisotopic (exact) mass is 292 g/mol. The molecule has 2 heterocycles. The number of nitrogens with one attached hydrogen (secondary N) is 1. The van der Waals surface area contributed by atoms with Crippen LogP contribution in [0.5, 0.6) is 0 Å². The van der Waals surface area contributed by atoms with E-state index in [4.69, 9.17) is 5.11 Å². The number of aromatic nitrogens is 1. The Balaban J connectivity index is 2.13. The summed E-state index contributed by atoms with van der Waals surface area (Å²) >= 11 is 0.657. The number of H-pyrrole nitrogens is 1. The molecule has 1 saturated heterocycles. The number of nitrogens with zero attached hydrogens (tertiary/aromatic N) is 1. The van der Waals surface area contributed by atoms with Gasteiger partial charge in [0.2, 0.25) is 0 Å². The first-order valence-electron chi connectivity index (χ1n) is 5.22. The topological polar surface area (TPSA) is 108 Å². The summed E-state index contributed by atoms with van der Waals surface area (Å²) in [5.74, 6) is -1.08. The number of rotatable bonds is 4. The highest BCUT2D eigenvalue weighted by atomic mass is 32.2. The van der Waals surface area contributed by atoms with Gasteiger partial charge in [-0.15, -0.1) is 0 Å². The number of sulfonamides is 1. The van der Waals surface area contributed by atoms with Crippen LogP contribution < -0.4 is 4.87 Å². The van der Waals surface area contributed by atoms with E-state index < -0.39 is 20.9 Å². The summed E-state index contributed by atoms with van der Waals surface area (Å²) in [7, 11) is -3.65. The Labute approximate surface area is 107 Å². The summed E-state index contributed by atoms with van der Waals surface area (Å²) < 4.78 is 25.4. The van der Waals surface area contributed by atoms with E-state index in [1.807, 2.05) is 0 Å². The Morgan fingerprint density at radius 3 is 2.61 bits per heavy atom. The number of aliphatic carboxylic acids is 1. The van der Waals surface area contributed by atoms with Gasteiger partial charge < -0.3 is 10.1 Å². The van der Waals surface area contributed by atoms with Crippen LogP contribution in [0.4, 0.5) is 0 Å². The SMILES string of the molecule is Cc1[nH]c(=O)sc1S(=O)(=O)N1CC(CC(=O)O)C1. The summed E-state index contributed by atoms with van der Waals surface area (Å²) in [5.41, 5.74) is 0.326. The fraction of sp³-hybridized carbons (Fsp3) is 0.556. The predicted molar refractivity (Wildman–Crippen MR) is 64.2 cm³/mol. The van der Waals surface area contributed by atoms with Crippen LogP contribution in [0.3, 0.4) is 0 Å². The number of carboxylic acids is 1. The molecular weight excluding hydrogens is 280 g/mol. The van der Waals surface area contributed by atoms with Gasteiger partial charge in [-0.2, -0.15) is 4.31 Å². The maximum atomic E-state index is 12.1. The third kappa shape index (κ3) is 2.33. The van der Waals surface area contributed by atoms with Crippen LogP contribution in [0.2, 0.25) is 0 Å². The van der Waals surface area contributed by atoms with Crippen LogP contribution in [0.15, 0.2) is 9.00 Å². The lowest BCUT2D eigenvalue weighted by Crippen LogP contribution is -2.50. The second-order valence-electron chi connectivity index (χ2n) is 4.21. The molecule has 7 nitrogen and oxygen atoms in total. The van der Waals surface area contributed by atoms with E-state index in [-0.39, 0.29) is 29.6 Å². The predicted octanol–water partition coefficient (Wildman–Crippen LogP) is -0.160. The molecular formula is C9H12N2O5S2. The molecule has 0 bridgehead atoms. The second kappa shape index (κ2) is 4.48. The van der Waals surface area contributed by atoms with Crippen LogP contribution in [-0.2, 0) is 14.8 Å². The molecule has 0 saturated carbocycles. The van der Waals surface area contributed by atoms with E-state index >= 15 is 0 Å². The average molecular weight is 292 g/mol. The number of carboxylic acid groups (broad SMARTS) is 1. The first-order chi connectivity index (χ1) is 8.30. The molecule has 0 aliphatic carbocycles. The van der Waals surface area contributed by atoms with Crippen molar-refractivity contribution in [3.05, 3.63) is 15.4 Å². The van der Waals surface area contributed by atoms with Crippen molar-refractivity contribution >= 4 is 27.3 Å². The van der Waals surface area contributed by atoms with E-state index in [1.54, 1.807) is 0 Å². The number of aromatic amines is 1. The summed E-state index contributed by atoms with van der Waals surface area (Å²) in [4.78, 5) is 23.6. The lowest BCUT2D eigenvalue weighted by atomic mass is 10.00. The van der Waals surface area contributed by atoms with Crippen LogP contribution in [-0.4, -0.2) is 41.9 Å². The van der Waals surface area contributed by atoms with Gasteiger partial charge in [-0.25, -0.2) is 8.42 Å². The van der Waals surface area contributed by atoms with E-state index in [1.165, 1.54) is 11.2 Å². The molecule has 2 rings (SSSR count). The van der Waals surface area contributed by atoms with Crippen LogP contribution in [0, 0.1) is 12.8 Å². The van der Waals surface area contributed by atoms with Crippen molar-refractivity contribution in [2.24, 2.45) is 5.92 Å². The van der Waals surface area contributed by atoms with Crippen molar-refractivity contribution in [3.8, 4) is 0 Å². The maximum Gasteiger partial charge on any atom is 0.305 e. The number of aryl methyl sites for hydroxylation is 1. The summed E-state index contributed by atoms with van der Waals surface area (Å²) in [6, 6.07) is 0. The number of hydrogen-bond acceptors (Lipinski definition) is 5. The van der Waals surface area contributed by atoms with Crippen molar-refractivity contribution < 1.29 is 18.3 Å². The fourth-order valence-corrected chi connectivity index (χ4v) is 4.88. The fourth-order valence-electron chi connectivity index (χ4n) is 1.85.